The normalized spacial score (nSPS) is 14.4. The first-order valence-electron chi connectivity index (χ1n) is 5.82. The molecule has 1 unspecified atom stereocenters. The van der Waals surface area contributed by atoms with E-state index in [1.54, 1.807) is 25.4 Å². The van der Waals surface area contributed by atoms with Crippen molar-refractivity contribution in [1.82, 2.24) is 4.98 Å². The summed E-state index contributed by atoms with van der Waals surface area (Å²) in [6.45, 7) is 2.08. The van der Waals surface area contributed by atoms with Gasteiger partial charge in [0.15, 0.2) is 0 Å². The molecule has 0 saturated carbocycles. The third kappa shape index (κ3) is 3.38. The maximum atomic E-state index is 10.1. The molecule has 1 heterocycles. The molecular weight excluding hydrogens is 246 g/mol. The average molecular weight is 263 g/mol. The average Bonchev–Trinajstić information content (AvgIpc) is 2.77. The number of thiazole rings is 1. The Kier molecular flexibility index (Phi) is 4.11. The predicted octanol–water partition coefficient (Wildman–Crippen LogP) is 2.75. The van der Waals surface area contributed by atoms with Crippen LogP contribution in [-0.2, 0) is 11.2 Å². The molecule has 0 saturated heterocycles. The molecule has 4 heteroatoms. The molecule has 0 aliphatic rings. The van der Waals surface area contributed by atoms with Crippen molar-refractivity contribution in [3.05, 3.63) is 40.7 Å². The molecule has 2 rings (SSSR count). The Morgan fingerprint density at radius 1 is 1.33 bits per heavy atom. The van der Waals surface area contributed by atoms with Crippen LogP contribution in [0.5, 0.6) is 0 Å². The van der Waals surface area contributed by atoms with E-state index in [0.29, 0.717) is 13.0 Å². The van der Waals surface area contributed by atoms with Crippen LogP contribution in [0.1, 0.15) is 11.9 Å². The lowest BCUT2D eigenvalue weighted by Crippen LogP contribution is -2.32. The Morgan fingerprint density at radius 3 is 2.72 bits per heavy atom. The number of aliphatic hydroxyl groups is 1. The molecule has 0 aliphatic heterocycles. The maximum absolute atomic E-state index is 10.1. The fourth-order valence-corrected chi connectivity index (χ4v) is 2.80. The lowest BCUT2D eigenvalue weighted by molar-refractivity contribution is -0.0161. The standard InChI is InChI=1S/C14H17NO2S/c1-14(16,10-17-2)8-13-15-12(9-18-13)11-6-4-3-5-7-11/h3-7,9,16H,8,10H2,1-2H3. The summed E-state index contributed by atoms with van der Waals surface area (Å²) in [6, 6.07) is 10.0. The van der Waals surface area contributed by atoms with Crippen LogP contribution in [-0.4, -0.2) is 29.4 Å². The molecule has 96 valence electrons. The maximum Gasteiger partial charge on any atom is 0.0962 e. The first-order chi connectivity index (χ1) is 8.61. The molecule has 0 fully saturated rings. The third-order valence-corrected chi connectivity index (χ3v) is 3.46. The Balaban J connectivity index is 2.12. The van der Waals surface area contributed by atoms with Gasteiger partial charge in [0.05, 0.1) is 22.9 Å². The van der Waals surface area contributed by atoms with Crippen molar-refractivity contribution in [1.29, 1.82) is 0 Å². The summed E-state index contributed by atoms with van der Waals surface area (Å²) in [5.74, 6) is 0. The number of rotatable bonds is 5. The summed E-state index contributed by atoms with van der Waals surface area (Å²) in [5.41, 5.74) is 1.20. The summed E-state index contributed by atoms with van der Waals surface area (Å²) < 4.78 is 5.00. The molecule has 18 heavy (non-hydrogen) atoms. The molecule has 1 aromatic heterocycles. The summed E-state index contributed by atoms with van der Waals surface area (Å²) in [6.07, 6.45) is 0.512. The monoisotopic (exact) mass is 263 g/mol. The van der Waals surface area contributed by atoms with E-state index in [2.05, 4.69) is 4.98 Å². The highest BCUT2D eigenvalue weighted by atomic mass is 32.1. The van der Waals surface area contributed by atoms with Gasteiger partial charge in [-0.1, -0.05) is 30.3 Å². The molecule has 0 aliphatic carbocycles. The number of benzene rings is 1. The van der Waals surface area contributed by atoms with E-state index in [-0.39, 0.29) is 0 Å². The van der Waals surface area contributed by atoms with E-state index < -0.39 is 5.60 Å². The van der Waals surface area contributed by atoms with Gasteiger partial charge in [0.25, 0.3) is 0 Å². The van der Waals surface area contributed by atoms with E-state index in [1.807, 2.05) is 35.7 Å². The van der Waals surface area contributed by atoms with Gasteiger partial charge >= 0.3 is 0 Å². The second-order valence-electron chi connectivity index (χ2n) is 4.60. The van der Waals surface area contributed by atoms with E-state index in [9.17, 15) is 5.11 Å². The lowest BCUT2D eigenvalue weighted by Gasteiger charge is -2.20. The van der Waals surface area contributed by atoms with Crippen molar-refractivity contribution in [2.24, 2.45) is 0 Å². The van der Waals surface area contributed by atoms with Crippen LogP contribution in [0.3, 0.4) is 0 Å². The van der Waals surface area contributed by atoms with Gasteiger partial charge in [0.2, 0.25) is 0 Å². The topological polar surface area (TPSA) is 42.4 Å². The van der Waals surface area contributed by atoms with Gasteiger partial charge in [-0.05, 0) is 6.92 Å². The molecule has 0 amide bonds. The fourth-order valence-electron chi connectivity index (χ4n) is 1.82. The van der Waals surface area contributed by atoms with Gasteiger partial charge < -0.3 is 9.84 Å². The predicted molar refractivity (Wildman–Crippen MR) is 73.8 cm³/mol. The summed E-state index contributed by atoms with van der Waals surface area (Å²) in [5, 5.41) is 13.0. The molecule has 1 aromatic carbocycles. The number of hydrogen-bond donors (Lipinski definition) is 1. The van der Waals surface area contributed by atoms with Crippen LogP contribution in [0.4, 0.5) is 0 Å². The number of aromatic nitrogens is 1. The van der Waals surface area contributed by atoms with Gasteiger partial charge in [-0.25, -0.2) is 4.98 Å². The zero-order valence-electron chi connectivity index (χ0n) is 10.6. The molecule has 3 nitrogen and oxygen atoms in total. The van der Waals surface area contributed by atoms with Crippen LogP contribution in [0.25, 0.3) is 11.3 Å². The van der Waals surface area contributed by atoms with Crippen molar-refractivity contribution in [3.63, 3.8) is 0 Å². The highest BCUT2D eigenvalue weighted by Crippen LogP contribution is 2.24. The van der Waals surface area contributed by atoms with Crippen molar-refractivity contribution >= 4 is 11.3 Å². The Labute approximate surface area is 111 Å². The van der Waals surface area contributed by atoms with Crippen molar-refractivity contribution in [3.8, 4) is 11.3 Å². The van der Waals surface area contributed by atoms with E-state index in [0.717, 1.165) is 16.3 Å². The zero-order valence-corrected chi connectivity index (χ0v) is 11.4. The van der Waals surface area contributed by atoms with E-state index in [4.69, 9.17) is 4.74 Å². The molecule has 0 bridgehead atoms. The smallest absolute Gasteiger partial charge is 0.0962 e. The number of ether oxygens (including phenoxy) is 1. The first-order valence-corrected chi connectivity index (χ1v) is 6.70. The second-order valence-corrected chi connectivity index (χ2v) is 5.54. The van der Waals surface area contributed by atoms with Crippen LogP contribution in [0.15, 0.2) is 35.7 Å². The van der Waals surface area contributed by atoms with Crippen LogP contribution in [0, 0.1) is 0 Å². The fraction of sp³-hybridized carbons (Fsp3) is 0.357. The van der Waals surface area contributed by atoms with Gasteiger partial charge in [0, 0.05) is 24.5 Å². The van der Waals surface area contributed by atoms with Crippen LogP contribution in [0.2, 0.25) is 0 Å². The molecule has 1 atom stereocenters. The highest BCUT2D eigenvalue weighted by Gasteiger charge is 2.22. The third-order valence-electron chi connectivity index (χ3n) is 2.61. The minimum Gasteiger partial charge on any atom is -0.387 e. The minimum atomic E-state index is -0.861. The van der Waals surface area contributed by atoms with Gasteiger partial charge in [-0.15, -0.1) is 11.3 Å². The van der Waals surface area contributed by atoms with Crippen molar-refractivity contribution in [2.45, 2.75) is 18.9 Å². The van der Waals surface area contributed by atoms with Crippen molar-refractivity contribution in [2.75, 3.05) is 13.7 Å². The Morgan fingerprint density at radius 2 is 2.06 bits per heavy atom. The summed E-state index contributed by atoms with van der Waals surface area (Å²) in [4.78, 5) is 4.55. The summed E-state index contributed by atoms with van der Waals surface area (Å²) >= 11 is 1.57. The first kappa shape index (κ1) is 13.2. The number of methoxy groups -OCH3 is 1. The zero-order chi connectivity index (χ0) is 13.0. The summed E-state index contributed by atoms with van der Waals surface area (Å²) in [7, 11) is 1.59. The largest absolute Gasteiger partial charge is 0.387 e. The Hall–Kier alpha value is -1.23. The van der Waals surface area contributed by atoms with E-state index >= 15 is 0 Å². The number of nitrogens with zero attached hydrogens (tertiary/aromatic N) is 1. The Bertz CT molecular complexity index is 494. The van der Waals surface area contributed by atoms with Crippen LogP contribution >= 0.6 is 11.3 Å². The number of hydrogen-bond acceptors (Lipinski definition) is 4. The van der Waals surface area contributed by atoms with Gasteiger partial charge in [-0.2, -0.15) is 0 Å². The quantitative estimate of drug-likeness (QED) is 0.902. The minimum absolute atomic E-state index is 0.313. The molecule has 0 spiro atoms. The lowest BCUT2D eigenvalue weighted by atomic mass is 10.0. The van der Waals surface area contributed by atoms with Gasteiger partial charge in [-0.3, -0.25) is 0 Å². The van der Waals surface area contributed by atoms with Crippen LogP contribution < -0.4 is 0 Å². The molecule has 1 N–H and O–H groups in total. The van der Waals surface area contributed by atoms with Gasteiger partial charge in [0.1, 0.15) is 0 Å². The molecule has 0 radical (unpaired) electrons. The molecular formula is C14H17NO2S. The molecule has 2 aromatic rings. The second kappa shape index (κ2) is 5.61. The van der Waals surface area contributed by atoms with E-state index in [1.165, 1.54) is 0 Å². The highest BCUT2D eigenvalue weighted by molar-refractivity contribution is 7.09. The SMILES string of the molecule is COCC(C)(O)Cc1nc(-c2ccccc2)cs1. The van der Waals surface area contributed by atoms with Crippen molar-refractivity contribution < 1.29 is 9.84 Å².